The number of ether oxygens (including phenoxy) is 2. The summed E-state index contributed by atoms with van der Waals surface area (Å²) < 4.78 is 66.3. The molecule has 23 nitrogen and oxygen atoms in total. The van der Waals surface area contributed by atoms with E-state index in [1.165, 1.54) is 21.8 Å². The summed E-state index contributed by atoms with van der Waals surface area (Å²) in [6, 6.07) is 10.2. The number of fused-ring (bicyclic) bond motifs is 2. The Hall–Kier alpha value is -5.09. The molecule has 7 rings (SSSR count). The van der Waals surface area contributed by atoms with Crippen molar-refractivity contribution in [1.82, 2.24) is 39.0 Å². The number of carbonyl (C=O) groups is 2. The van der Waals surface area contributed by atoms with Crippen LogP contribution in [0.4, 0.5) is 16.2 Å². The Morgan fingerprint density at radius 1 is 1.06 bits per heavy atom. The first-order chi connectivity index (χ1) is 29.7. The van der Waals surface area contributed by atoms with Gasteiger partial charge in [0, 0.05) is 17.4 Å². The molecule has 2 aliphatic rings. The molecule has 4 N–H and O–H groups in total. The number of carbonyl (C=O) groups excluding carboxylic acids is 2. The SMILES string of the molecule is CC(C)C(=O)Nc1nc2c(ncn2C2OC(CO)C(C)C2OP(=S)(OCCC#N)OCC2OC(n3cnc4c(NC(=O)c5ccccc5)ncnc43)C(F)C2O[P+](=O)[O-])c(=O)[nH]1. The lowest BCUT2D eigenvalue weighted by molar-refractivity contribution is -0.192. The molecular formula is C35H38FN11O12P2S. The van der Waals surface area contributed by atoms with E-state index < -0.39 is 100 Å². The number of hydrogen-bond acceptors (Lipinski definition) is 19. The first kappa shape index (κ1) is 44.9. The summed E-state index contributed by atoms with van der Waals surface area (Å²) in [5.41, 5.74) is -0.382. The molecule has 0 spiro atoms. The van der Waals surface area contributed by atoms with Crippen molar-refractivity contribution in [3.8, 4) is 6.07 Å². The zero-order valence-electron chi connectivity index (χ0n) is 32.8. The number of amides is 2. The molecule has 10 atom stereocenters. The maximum atomic E-state index is 16.4. The van der Waals surface area contributed by atoms with Gasteiger partial charge in [-0.2, -0.15) is 10.2 Å². The predicted molar refractivity (Wildman–Crippen MR) is 214 cm³/mol. The largest absolute Gasteiger partial charge is 0.566 e. The van der Waals surface area contributed by atoms with Crippen molar-refractivity contribution in [2.24, 2.45) is 11.8 Å². The van der Waals surface area contributed by atoms with E-state index in [0.29, 0.717) is 5.56 Å². The Bertz CT molecular complexity index is 2610. The molecule has 2 aliphatic heterocycles. The van der Waals surface area contributed by atoms with Crippen LogP contribution >= 0.6 is 15.0 Å². The fourth-order valence-electron chi connectivity index (χ4n) is 6.66. The molecule has 62 heavy (non-hydrogen) atoms. The minimum atomic E-state index is -4.07. The lowest BCUT2D eigenvalue weighted by Gasteiger charge is -2.30. The Morgan fingerprint density at radius 2 is 1.77 bits per heavy atom. The highest BCUT2D eigenvalue weighted by Crippen LogP contribution is 2.56. The van der Waals surface area contributed by atoms with E-state index >= 15 is 4.39 Å². The van der Waals surface area contributed by atoms with E-state index in [2.05, 4.69) is 40.5 Å². The van der Waals surface area contributed by atoms with Crippen LogP contribution in [0.2, 0.25) is 0 Å². The number of aromatic amines is 1. The van der Waals surface area contributed by atoms with Crippen molar-refractivity contribution in [3.05, 3.63) is 65.2 Å². The molecule has 0 bridgehead atoms. The first-order valence-electron chi connectivity index (χ1n) is 18.8. The number of halogens is 1. The molecule has 0 aliphatic carbocycles. The van der Waals surface area contributed by atoms with Crippen LogP contribution < -0.4 is 21.1 Å². The number of H-pyrrole nitrogens is 1. The summed E-state index contributed by atoms with van der Waals surface area (Å²) in [4.78, 5) is 73.8. The quantitative estimate of drug-likeness (QED) is 0.0769. The van der Waals surface area contributed by atoms with Gasteiger partial charge in [-0.25, -0.2) is 24.3 Å². The zero-order chi connectivity index (χ0) is 44.3. The van der Waals surface area contributed by atoms with Crippen LogP contribution in [0.25, 0.3) is 22.3 Å². The monoisotopic (exact) mass is 917 g/mol. The van der Waals surface area contributed by atoms with Crippen LogP contribution in [-0.2, 0) is 48.7 Å². The van der Waals surface area contributed by atoms with Gasteiger partial charge < -0.3 is 38.4 Å². The third-order valence-electron chi connectivity index (χ3n) is 9.84. The van der Waals surface area contributed by atoms with Crippen molar-refractivity contribution in [2.45, 2.75) is 70.2 Å². The number of benzene rings is 1. The normalized spacial score (nSPS) is 24.9. The molecule has 1 aromatic carbocycles. The number of anilines is 2. The van der Waals surface area contributed by atoms with Crippen LogP contribution in [0.5, 0.6) is 0 Å². The second-order valence-electron chi connectivity index (χ2n) is 14.2. The number of alkyl halides is 1. The molecule has 10 unspecified atom stereocenters. The average Bonchev–Trinajstić information content (AvgIpc) is 4.02. The van der Waals surface area contributed by atoms with Gasteiger partial charge in [-0.1, -0.05) is 39.0 Å². The van der Waals surface area contributed by atoms with Gasteiger partial charge in [0.25, 0.3) is 11.5 Å². The number of nitriles is 1. The van der Waals surface area contributed by atoms with Crippen molar-refractivity contribution in [1.29, 1.82) is 5.26 Å². The van der Waals surface area contributed by atoms with Crippen molar-refractivity contribution >= 4 is 72.7 Å². The summed E-state index contributed by atoms with van der Waals surface area (Å²) in [5.74, 6) is -2.17. The Labute approximate surface area is 356 Å². The van der Waals surface area contributed by atoms with E-state index in [0.717, 1.165) is 6.33 Å². The highest BCUT2D eigenvalue weighted by Gasteiger charge is 2.52. The molecule has 4 aromatic heterocycles. The molecule has 0 radical (unpaired) electrons. The van der Waals surface area contributed by atoms with Crippen LogP contribution in [-0.4, -0.2) is 106 Å². The molecule has 5 aromatic rings. The summed E-state index contributed by atoms with van der Waals surface area (Å²) in [6.45, 7) is -0.523. The fourth-order valence-corrected chi connectivity index (χ4v) is 9.25. The lowest BCUT2D eigenvalue weighted by atomic mass is 10.0. The van der Waals surface area contributed by atoms with Gasteiger partial charge in [0.15, 0.2) is 52.9 Å². The fraction of sp³-hybridized carbons (Fsp3) is 0.457. The van der Waals surface area contributed by atoms with E-state index in [1.54, 1.807) is 51.1 Å². The van der Waals surface area contributed by atoms with Gasteiger partial charge in [-0.3, -0.25) is 33.8 Å². The van der Waals surface area contributed by atoms with Crippen LogP contribution in [0.1, 0.15) is 50.0 Å². The number of rotatable bonds is 17. The first-order valence-corrected chi connectivity index (χ1v) is 22.5. The molecule has 2 fully saturated rings. The van der Waals surface area contributed by atoms with Crippen molar-refractivity contribution < 1.29 is 56.1 Å². The van der Waals surface area contributed by atoms with Crippen molar-refractivity contribution in [3.63, 3.8) is 0 Å². The van der Waals surface area contributed by atoms with E-state index in [1.807, 2.05) is 6.07 Å². The minimum absolute atomic E-state index is 0.00940. The zero-order valence-corrected chi connectivity index (χ0v) is 35.4. The third kappa shape index (κ3) is 9.46. The summed E-state index contributed by atoms with van der Waals surface area (Å²) in [6.07, 6.45) is -6.87. The van der Waals surface area contributed by atoms with Crippen LogP contribution in [0.3, 0.4) is 0 Å². The second kappa shape index (κ2) is 19.1. The Kier molecular flexibility index (Phi) is 13.9. The molecule has 6 heterocycles. The molecule has 2 amide bonds. The maximum Gasteiger partial charge on any atom is 0.488 e. The standard InChI is InChI=1S/C35H38FN11O12P2S/c1-17(2)30(49)44-35-43-29-24(32(51)45-35)41-16-47(29)34-25(18(3)20(12-48)56-34)59-61(62,54-11-7-10-37)55-13-21-26(58-60(52)53)22(36)33(57-21)46-15-40-23-27(38-14-39-28(23)46)42-31(50)19-8-5-4-6-9-19/h4-6,8-9,14-18,20-22,25-26,33-34,48H,7,11-13H2,1-3H3,(H,38,39,42,50)(H2,43,44,45,49,51). The van der Waals surface area contributed by atoms with E-state index in [9.17, 15) is 34.2 Å². The number of imidazole rings is 2. The summed E-state index contributed by atoms with van der Waals surface area (Å²) in [7, 11) is -3.63. The molecule has 0 saturated carbocycles. The van der Waals surface area contributed by atoms with Gasteiger partial charge in [-0.15, -0.1) is 4.52 Å². The van der Waals surface area contributed by atoms with E-state index in [4.69, 9.17) is 39.4 Å². The molecule has 2 saturated heterocycles. The lowest BCUT2D eigenvalue weighted by Crippen LogP contribution is -2.34. The van der Waals surface area contributed by atoms with Gasteiger partial charge in [0.1, 0.15) is 18.5 Å². The van der Waals surface area contributed by atoms with Gasteiger partial charge in [0.2, 0.25) is 11.9 Å². The number of aliphatic hydroxyl groups is 1. The predicted octanol–water partition coefficient (Wildman–Crippen LogP) is 2.53. The summed E-state index contributed by atoms with van der Waals surface area (Å²) >= 11 is 5.82. The number of aliphatic hydroxyl groups excluding tert-OH is 1. The number of hydrogen-bond donors (Lipinski definition) is 4. The van der Waals surface area contributed by atoms with Gasteiger partial charge in [-0.05, 0) is 28.5 Å². The Morgan fingerprint density at radius 3 is 2.47 bits per heavy atom. The average molecular weight is 918 g/mol. The number of aromatic nitrogens is 8. The topological polar surface area (TPSA) is 305 Å². The third-order valence-corrected chi connectivity index (χ3v) is 12.6. The second-order valence-corrected chi connectivity index (χ2v) is 17.8. The van der Waals surface area contributed by atoms with Gasteiger partial charge in [0.05, 0.1) is 51.1 Å². The summed E-state index contributed by atoms with van der Waals surface area (Å²) in [5, 5.41) is 24.7. The van der Waals surface area contributed by atoms with E-state index in [-0.39, 0.29) is 47.1 Å². The number of nitrogens with one attached hydrogen (secondary N) is 3. The molecule has 27 heteroatoms. The maximum absolute atomic E-state index is 16.4. The highest BCUT2D eigenvalue weighted by atomic mass is 32.5. The van der Waals surface area contributed by atoms with Crippen molar-refractivity contribution in [2.75, 3.05) is 30.5 Å². The minimum Gasteiger partial charge on any atom is -0.566 e. The number of nitrogens with zero attached hydrogens (tertiary/aromatic N) is 8. The molecular weight excluding hydrogens is 879 g/mol. The van der Waals surface area contributed by atoms with Crippen LogP contribution in [0, 0.1) is 23.2 Å². The highest BCUT2D eigenvalue weighted by molar-refractivity contribution is 8.07. The Balaban J connectivity index is 1.15. The molecule has 328 valence electrons. The van der Waals surface area contributed by atoms with Crippen LogP contribution in [0.15, 0.2) is 54.1 Å². The smallest absolute Gasteiger partial charge is 0.488 e. The van der Waals surface area contributed by atoms with Gasteiger partial charge >= 0.3 is 15.0 Å².